The Labute approximate surface area is 107 Å². The molecule has 0 amide bonds. The van der Waals surface area contributed by atoms with Crippen LogP contribution in [-0.4, -0.2) is 40.5 Å². The first-order valence-electron chi connectivity index (χ1n) is 5.62. The number of ether oxygens (including phenoxy) is 2. The molecule has 2 N–H and O–H groups in total. The lowest BCUT2D eigenvalue weighted by Crippen LogP contribution is -2.33. The molecule has 2 unspecified atom stereocenters. The molecule has 0 aliphatic carbocycles. The van der Waals surface area contributed by atoms with Crippen LogP contribution in [0, 0.1) is 5.41 Å². The average molecular weight is 256 g/mol. The zero-order valence-electron chi connectivity index (χ0n) is 11.3. The van der Waals surface area contributed by atoms with Crippen molar-refractivity contribution in [3.8, 4) is 11.8 Å². The van der Waals surface area contributed by atoms with Crippen molar-refractivity contribution in [1.29, 1.82) is 0 Å². The monoisotopic (exact) mass is 256 g/mol. The summed E-state index contributed by atoms with van der Waals surface area (Å²) in [7, 11) is 2.88. The summed E-state index contributed by atoms with van der Waals surface area (Å²) in [6.07, 6.45) is -0.774. The van der Waals surface area contributed by atoms with E-state index >= 15 is 0 Å². The van der Waals surface area contributed by atoms with Crippen LogP contribution in [0.5, 0.6) is 11.8 Å². The summed E-state index contributed by atoms with van der Waals surface area (Å²) in [6, 6.07) is 0. The molecule has 6 heteroatoms. The number of hydrogen-bond donors (Lipinski definition) is 2. The molecule has 6 nitrogen and oxygen atoms in total. The van der Waals surface area contributed by atoms with Crippen LogP contribution in [0.2, 0.25) is 0 Å². The molecule has 0 radical (unpaired) electrons. The molecular weight excluding hydrogens is 236 g/mol. The number of hydrogen-bond acceptors (Lipinski definition) is 6. The summed E-state index contributed by atoms with van der Waals surface area (Å²) in [5.74, 6) is 0.429. The maximum atomic E-state index is 10.1. The van der Waals surface area contributed by atoms with Gasteiger partial charge in [-0.05, 0) is 5.41 Å². The van der Waals surface area contributed by atoms with Crippen LogP contribution in [0.25, 0.3) is 0 Å². The van der Waals surface area contributed by atoms with E-state index in [4.69, 9.17) is 9.47 Å². The maximum absolute atomic E-state index is 10.1. The van der Waals surface area contributed by atoms with Crippen LogP contribution >= 0.6 is 0 Å². The summed E-state index contributed by atoms with van der Waals surface area (Å²) in [6.45, 7) is 5.47. The van der Waals surface area contributed by atoms with E-state index in [9.17, 15) is 10.2 Å². The molecule has 2 atom stereocenters. The largest absolute Gasteiger partial charge is 0.480 e. The Hall–Kier alpha value is -1.40. The van der Waals surface area contributed by atoms with Crippen LogP contribution in [0.3, 0.4) is 0 Å². The number of rotatable bonds is 4. The second-order valence-corrected chi connectivity index (χ2v) is 5.06. The predicted octanol–water partition coefficient (Wildman–Crippen LogP) is 0.934. The van der Waals surface area contributed by atoms with Crippen LogP contribution in [0.4, 0.5) is 0 Å². The molecule has 1 rings (SSSR count). The van der Waals surface area contributed by atoms with E-state index in [1.165, 1.54) is 20.4 Å². The SMILES string of the molecule is COc1cnc(C(O)C(O)C(C)(C)C)c(OC)n1. The molecule has 0 spiro atoms. The average Bonchev–Trinajstić information content (AvgIpc) is 2.35. The lowest BCUT2D eigenvalue weighted by Gasteiger charge is -2.29. The summed E-state index contributed by atoms with van der Waals surface area (Å²) in [4.78, 5) is 8.05. The molecule has 0 saturated carbocycles. The summed E-state index contributed by atoms with van der Waals surface area (Å²) in [5, 5.41) is 20.2. The maximum Gasteiger partial charge on any atom is 0.241 e. The van der Waals surface area contributed by atoms with Gasteiger partial charge in [-0.25, -0.2) is 4.98 Å². The molecule has 1 aromatic rings. The molecule has 102 valence electrons. The Balaban J connectivity index is 3.09. The van der Waals surface area contributed by atoms with Gasteiger partial charge in [0.05, 0.1) is 26.5 Å². The predicted molar refractivity (Wildman–Crippen MR) is 65.6 cm³/mol. The fraction of sp³-hybridized carbons (Fsp3) is 0.667. The van der Waals surface area contributed by atoms with Crippen molar-refractivity contribution >= 4 is 0 Å². The van der Waals surface area contributed by atoms with E-state index < -0.39 is 17.6 Å². The Kier molecular flexibility index (Phi) is 4.48. The normalized spacial score (nSPS) is 15.1. The molecule has 18 heavy (non-hydrogen) atoms. The molecule has 0 fully saturated rings. The molecule has 0 aromatic carbocycles. The van der Waals surface area contributed by atoms with Crippen molar-refractivity contribution < 1.29 is 19.7 Å². The van der Waals surface area contributed by atoms with Crippen LogP contribution in [0.1, 0.15) is 32.6 Å². The molecule has 0 saturated heterocycles. The van der Waals surface area contributed by atoms with Gasteiger partial charge in [-0.1, -0.05) is 20.8 Å². The summed E-state index contributed by atoms with van der Waals surface area (Å²) < 4.78 is 9.97. The van der Waals surface area contributed by atoms with E-state index in [2.05, 4.69) is 9.97 Å². The summed E-state index contributed by atoms with van der Waals surface area (Å²) >= 11 is 0. The zero-order chi connectivity index (χ0) is 13.9. The first kappa shape index (κ1) is 14.7. The van der Waals surface area contributed by atoms with E-state index in [-0.39, 0.29) is 17.5 Å². The van der Waals surface area contributed by atoms with E-state index in [1.807, 2.05) is 20.8 Å². The highest BCUT2D eigenvalue weighted by molar-refractivity contribution is 5.25. The van der Waals surface area contributed by atoms with Gasteiger partial charge in [0.15, 0.2) is 0 Å². The minimum absolute atomic E-state index is 0.144. The van der Waals surface area contributed by atoms with Crippen LogP contribution in [0.15, 0.2) is 6.20 Å². The topological polar surface area (TPSA) is 84.7 Å². The first-order valence-corrected chi connectivity index (χ1v) is 5.62. The number of aliphatic hydroxyl groups is 2. The fourth-order valence-corrected chi connectivity index (χ4v) is 1.44. The van der Waals surface area contributed by atoms with Gasteiger partial charge in [-0.15, -0.1) is 0 Å². The third kappa shape index (κ3) is 3.08. The third-order valence-electron chi connectivity index (χ3n) is 2.61. The van der Waals surface area contributed by atoms with E-state index in [1.54, 1.807) is 0 Å². The molecule has 0 aliphatic rings. The Morgan fingerprint density at radius 2 is 1.78 bits per heavy atom. The van der Waals surface area contributed by atoms with Gasteiger partial charge in [0.1, 0.15) is 11.8 Å². The van der Waals surface area contributed by atoms with Gasteiger partial charge in [0.2, 0.25) is 11.8 Å². The molecule has 0 bridgehead atoms. The lowest BCUT2D eigenvalue weighted by molar-refractivity contribution is -0.0488. The lowest BCUT2D eigenvalue weighted by atomic mass is 9.85. The highest BCUT2D eigenvalue weighted by Crippen LogP contribution is 2.32. The first-order chi connectivity index (χ1) is 8.31. The van der Waals surface area contributed by atoms with Crippen LogP contribution < -0.4 is 9.47 Å². The highest BCUT2D eigenvalue weighted by atomic mass is 16.5. The molecule has 1 heterocycles. The van der Waals surface area contributed by atoms with Crippen molar-refractivity contribution in [2.24, 2.45) is 5.41 Å². The Bertz CT molecular complexity index is 404. The second kappa shape index (κ2) is 5.49. The fourth-order valence-electron chi connectivity index (χ4n) is 1.44. The smallest absolute Gasteiger partial charge is 0.241 e. The van der Waals surface area contributed by atoms with Crippen molar-refractivity contribution in [3.05, 3.63) is 11.9 Å². The molecule has 0 aliphatic heterocycles. The van der Waals surface area contributed by atoms with E-state index in [0.29, 0.717) is 0 Å². The van der Waals surface area contributed by atoms with Crippen molar-refractivity contribution in [2.45, 2.75) is 33.0 Å². The van der Waals surface area contributed by atoms with Gasteiger partial charge in [-0.2, -0.15) is 4.98 Å². The minimum Gasteiger partial charge on any atom is -0.480 e. The Morgan fingerprint density at radius 1 is 1.17 bits per heavy atom. The zero-order valence-corrected chi connectivity index (χ0v) is 11.3. The number of nitrogens with zero attached hydrogens (tertiary/aromatic N) is 2. The minimum atomic E-state index is -1.17. The number of aliphatic hydroxyl groups excluding tert-OH is 2. The van der Waals surface area contributed by atoms with Crippen molar-refractivity contribution in [3.63, 3.8) is 0 Å². The van der Waals surface area contributed by atoms with Gasteiger partial charge >= 0.3 is 0 Å². The van der Waals surface area contributed by atoms with Gasteiger partial charge in [0, 0.05) is 0 Å². The quantitative estimate of drug-likeness (QED) is 0.833. The second-order valence-electron chi connectivity index (χ2n) is 5.06. The van der Waals surface area contributed by atoms with Gasteiger partial charge in [0.25, 0.3) is 0 Å². The van der Waals surface area contributed by atoms with E-state index in [0.717, 1.165) is 0 Å². The standard InChI is InChI=1S/C12H20N2O4/c1-12(2,3)10(16)9(15)8-11(18-5)14-7(17-4)6-13-8/h6,9-10,15-16H,1-5H3. The van der Waals surface area contributed by atoms with Gasteiger partial charge in [-0.3, -0.25) is 0 Å². The number of methoxy groups -OCH3 is 2. The van der Waals surface area contributed by atoms with Crippen molar-refractivity contribution in [2.75, 3.05) is 14.2 Å². The molecular formula is C12H20N2O4. The summed E-state index contributed by atoms with van der Waals surface area (Å²) in [5.41, 5.74) is -0.285. The Morgan fingerprint density at radius 3 is 2.22 bits per heavy atom. The van der Waals surface area contributed by atoms with Crippen LogP contribution in [-0.2, 0) is 0 Å². The van der Waals surface area contributed by atoms with Gasteiger partial charge < -0.3 is 19.7 Å². The van der Waals surface area contributed by atoms with Crippen molar-refractivity contribution in [1.82, 2.24) is 9.97 Å². The third-order valence-corrected chi connectivity index (χ3v) is 2.61. The number of aromatic nitrogens is 2. The highest BCUT2D eigenvalue weighted by Gasteiger charge is 2.33. The molecule has 1 aromatic heterocycles.